The van der Waals surface area contributed by atoms with Crippen LogP contribution in [0.1, 0.15) is 68.0 Å². The maximum atomic E-state index is 6.41. The molecule has 2 N–H and O–H groups in total. The molecule has 0 saturated carbocycles. The van der Waals surface area contributed by atoms with E-state index in [1.165, 1.54) is 20.9 Å². The van der Waals surface area contributed by atoms with Gasteiger partial charge >= 0.3 is 0 Å². The molecular weight excluding hydrogens is 416 g/mol. The molecule has 0 spiro atoms. The third kappa shape index (κ3) is 2.90. The van der Waals surface area contributed by atoms with Crippen molar-refractivity contribution in [3.8, 4) is 0 Å². The molecule has 4 aromatic rings. The number of thiophene rings is 2. The summed E-state index contributed by atoms with van der Waals surface area (Å²) < 4.78 is 12.8. The Balaban J connectivity index is 1.34. The van der Waals surface area contributed by atoms with E-state index >= 15 is 0 Å². The van der Waals surface area contributed by atoms with E-state index in [-0.39, 0.29) is 24.0 Å². The van der Waals surface area contributed by atoms with Gasteiger partial charge in [0.15, 0.2) is 0 Å². The average Bonchev–Trinajstić information content (AvgIpc) is 3.53. The van der Waals surface area contributed by atoms with E-state index in [0.29, 0.717) is 13.2 Å². The lowest BCUT2D eigenvalue weighted by Gasteiger charge is -2.37. The second kappa shape index (κ2) is 7.16. The summed E-state index contributed by atoms with van der Waals surface area (Å²) in [7, 11) is 0. The van der Waals surface area contributed by atoms with Crippen molar-refractivity contribution in [2.75, 3.05) is 13.2 Å². The van der Waals surface area contributed by atoms with Gasteiger partial charge in [-0.2, -0.15) is 0 Å². The summed E-state index contributed by atoms with van der Waals surface area (Å²) in [6.07, 6.45) is 3.64. The summed E-state index contributed by atoms with van der Waals surface area (Å²) >= 11 is 3.59. The normalized spacial score (nSPS) is 25.8. The maximum absolute atomic E-state index is 6.41. The number of aromatic nitrogens is 4. The molecule has 0 amide bonds. The maximum Gasteiger partial charge on any atom is 0.133 e. The van der Waals surface area contributed by atoms with Crippen LogP contribution in [0.5, 0.6) is 0 Å². The van der Waals surface area contributed by atoms with E-state index in [0.717, 1.165) is 23.0 Å². The van der Waals surface area contributed by atoms with Crippen LogP contribution >= 0.6 is 22.7 Å². The number of nitrogens with one attached hydrogen (secondary N) is 2. The van der Waals surface area contributed by atoms with E-state index in [9.17, 15) is 0 Å². The van der Waals surface area contributed by atoms with E-state index in [1.54, 1.807) is 11.3 Å². The predicted octanol–water partition coefficient (Wildman–Crippen LogP) is 4.98. The standard InChI is InChI=1S/C22H22N4O2S2/c1-11-23-7-17(25-11)19-14-4-6-29-21(14)16(10-27-19)15-9-28-20(18-8-24-12(2)26-18)22-13(15)3-5-30-22/h3-8,15-16,19-20H,9-10H2,1-2H3,(H,23,25)(H,24,26). The summed E-state index contributed by atoms with van der Waals surface area (Å²) in [6.45, 7) is 5.29. The molecule has 8 heteroatoms. The van der Waals surface area contributed by atoms with Gasteiger partial charge in [0, 0.05) is 27.2 Å². The van der Waals surface area contributed by atoms with Gasteiger partial charge in [-0.05, 0) is 42.3 Å². The highest BCUT2D eigenvalue weighted by Gasteiger charge is 2.40. The van der Waals surface area contributed by atoms with Crippen LogP contribution in [0, 0.1) is 13.8 Å². The molecule has 0 aromatic carbocycles. The Morgan fingerprint density at radius 3 is 2.10 bits per heavy atom. The van der Waals surface area contributed by atoms with Crippen LogP contribution in [0.15, 0.2) is 35.3 Å². The third-order valence-corrected chi connectivity index (χ3v) is 8.13. The number of hydrogen-bond acceptors (Lipinski definition) is 6. The SMILES string of the molecule is Cc1ncc(C2OCC(C3COC(c4cnc(C)[nH]4)c4sccc43)c3sccc32)[nH]1. The average molecular weight is 439 g/mol. The summed E-state index contributed by atoms with van der Waals surface area (Å²) in [6, 6.07) is 4.46. The van der Waals surface area contributed by atoms with Crippen LogP contribution in [0.25, 0.3) is 0 Å². The number of nitrogens with zero attached hydrogens (tertiary/aromatic N) is 2. The van der Waals surface area contributed by atoms with E-state index in [4.69, 9.17) is 9.47 Å². The number of hydrogen-bond donors (Lipinski definition) is 2. The Labute approximate surface area is 182 Å². The Morgan fingerprint density at radius 1 is 0.800 bits per heavy atom. The molecule has 4 aromatic heterocycles. The second-order valence-electron chi connectivity index (χ2n) is 7.97. The number of aryl methyl sites for hydroxylation is 2. The predicted molar refractivity (Wildman–Crippen MR) is 116 cm³/mol. The number of imidazole rings is 2. The minimum atomic E-state index is -0.0733. The fourth-order valence-electron chi connectivity index (χ4n) is 4.70. The Bertz CT molecular complexity index is 1100. The number of H-pyrrole nitrogens is 2. The van der Waals surface area contributed by atoms with Gasteiger partial charge in [-0.15, -0.1) is 22.7 Å². The zero-order valence-corrected chi connectivity index (χ0v) is 18.3. The minimum absolute atomic E-state index is 0.0644. The lowest BCUT2D eigenvalue weighted by molar-refractivity contribution is 0.0127. The van der Waals surface area contributed by atoms with Crippen molar-refractivity contribution >= 4 is 22.7 Å². The van der Waals surface area contributed by atoms with Crippen molar-refractivity contribution in [2.45, 2.75) is 37.9 Å². The van der Waals surface area contributed by atoms with E-state index < -0.39 is 0 Å². The molecule has 0 saturated heterocycles. The number of ether oxygens (including phenoxy) is 2. The van der Waals surface area contributed by atoms with E-state index in [1.807, 2.05) is 37.6 Å². The summed E-state index contributed by atoms with van der Waals surface area (Å²) in [5.74, 6) is 2.40. The second-order valence-corrected chi connectivity index (χ2v) is 9.86. The number of fused-ring (bicyclic) bond motifs is 2. The van der Waals surface area contributed by atoms with Crippen molar-refractivity contribution in [2.24, 2.45) is 0 Å². The molecule has 0 fully saturated rings. The molecule has 6 nitrogen and oxygen atoms in total. The monoisotopic (exact) mass is 438 g/mol. The molecule has 6 rings (SSSR count). The third-order valence-electron chi connectivity index (χ3n) is 6.09. The van der Waals surface area contributed by atoms with Crippen molar-refractivity contribution in [1.29, 1.82) is 0 Å². The summed E-state index contributed by atoms with van der Waals surface area (Å²) in [5, 5.41) is 4.36. The van der Waals surface area contributed by atoms with Gasteiger partial charge in [0.25, 0.3) is 0 Å². The molecule has 0 bridgehead atoms. The highest BCUT2D eigenvalue weighted by Crippen LogP contribution is 2.50. The van der Waals surface area contributed by atoms with Gasteiger partial charge in [-0.25, -0.2) is 9.97 Å². The molecule has 0 radical (unpaired) electrons. The van der Waals surface area contributed by atoms with Gasteiger partial charge in [-0.3, -0.25) is 0 Å². The Hall–Kier alpha value is -2.26. The Morgan fingerprint density at radius 2 is 1.40 bits per heavy atom. The first kappa shape index (κ1) is 18.5. The Kier molecular flexibility index (Phi) is 4.42. The van der Waals surface area contributed by atoms with Crippen LogP contribution in [0.4, 0.5) is 0 Å². The zero-order chi connectivity index (χ0) is 20.2. The first-order valence-corrected chi connectivity index (χ1v) is 11.9. The fourth-order valence-corrected chi connectivity index (χ4v) is 6.81. The summed E-state index contributed by atoms with van der Waals surface area (Å²) in [5.41, 5.74) is 4.69. The molecule has 2 aliphatic rings. The highest BCUT2D eigenvalue weighted by molar-refractivity contribution is 7.10. The van der Waals surface area contributed by atoms with Crippen LogP contribution in [-0.4, -0.2) is 33.1 Å². The summed E-state index contributed by atoms with van der Waals surface area (Å²) in [4.78, 5) is 18.1. The fraction of sp³-hybridized carbons (Fsp3) is 0.364. The molecule has 2 aliphatic heterocycles. The number of rotatable bonds is 3. The van der Waals surface area contributed by atoms with Crippen molar-refractivity contribution in [3.05, 3.63) is 79.2 Å². The van der Waals surface area contributed by atoms with Gasteiger partial charge in [-0.1, -0.05) is 0 Å². The van der Waals surface area contributed by atoms with Crippen molar-refractivity contribution in [3.63, 3.8) is 0 Å². The van der Waals surface area contributed by atoms with Gasteiger partial charge in [0.2, 0.25) is 0 Å². The quantitative estimate of drug-likeness (QED) is 0.473. The van der Waals surface area contributed by atoms with Gasteiger partial charge < -0.3 is 19.4 Å². The van der Waals surface area contributed by atoms with Crippen LogP contribution < -0.4 is 0 Å². The van der Waals surface area contributed by atoms with Gasteiger partial charge in [0.1, 0.15) is 23.9 Å². The molecule has 6 heterocycles. The van der Waals surface area contributed by atoms with Crippen molar-refractivity contribution in [1.82, 2.24) is 19.9 Å². The number of aromatic amines is 2. The first-order valence-electron chi connectivity index (χ1n) is 10.1. The molecule has 0 aliphatic carbocycles. The molecular formula is C22H22N4O2S2. The van der Waals surface area contributed by atoms with E-state index in [2.05, 4.69) is 42.8 Å². The highest BCUT2D eigenvalue weighted by atomic mass is 32.1. The first-order chi connectivity index (χ1) is 14.7. The largest absolute Gasteiger partial charge is 0.366 e. The lowest BCUT2D eigenvalue weighted by atomic mass is 9.81. The zero-order valence-electron chi connectivity index (χ0n) is 16.7. The lowest BCUT2D eigenvalue weighted by Crippen LogP contribution is -2.30. The topological polar surface area (TPSA) is 75.8 Å². The molecule has 4 unspecified atom stereocenters. The molecule has 154 valence electrons. The van der Waals surface area contributed by atoms with Gasteiger partial charge in [0.05, 0.1) is 37.0 Å². The molecule has 4 atom stereocenters. The van der Waals surface area contributed by atoms with Crippen LogP contribution in [-0.2, 0) is 9.47 Å². The molecule has 30 heavy (non-hydrogen) atoms. The van der Waals surface area contributed by atoms with Crippen LogP contribution in [0.2, 0.25) is 0 Å². The van der Waals surface area contributed by atoms with Crippen LogP contribution in [0.3, 0.4) is 0 Å². The smallest absolute Gasteiger partial charge is 0.133 e. The minimum Gasteiger partial charge on any atom is -0.366 e. The van der Waals surface area contributed by atoms with Crippen molar-refractivity contribution < 1.29 is 9.47 Å².